The summed E-state index contributed by atoms with van der Waals surface area (Å²) in [4.78, 5) is 14.2. The second-order valence-corrected chi connectivity index (χ2v) is 18.1. The summed E-state index contributed by atoms with van der Waals surface area (Å²) in [6.45, 7) is 26.4. The van der Waals surface area contributed by atoms with Gasteiger partial charge < -0.3 is 14.7 Å². The molecule has 2 fully saturated rings. The van der Waals surface area contributed by atoms with Crippen LogP contribution in [0, 0.1) is 0 Å². The zero-order valence-electron chi connectivity index (χ0n) is 37.8. The third-order valence-electron chi connectivity index (χ3n) is 13.1. The fourth-order valence-electron chi connectivity index (χ4n) is 9.05. The third kappa shape index (κ3) is 30.0. The Labute approximate surface area is 341 Å². The average molecular weight is 760 g/mol. The number of rotatable bonds is 35. The summed E-state index contributed by atoms with van der Waals surface area (Å²) in [5, 5.41) is 0. The third-order valence-corrected chi connectivity index (χ3v) is 13.1. The molecule has 0 bridgehead atoms. The lowest BCUT2D eigenvalue weighted by atomic mass is 10.1. The quantitative estimate of drug-likeness (QED) is 0.0596. The summed E-state index contributed by atoms with van der Waals surface area (Å²) in [6, 6.07) is 0. The van der Waals surface area contributed by atoms with Crippen LogP contribution in [0.4, 0.5) is 0 Å². The number of hydrogen-bond acceptors (Lipinski definition) is 5. The van der Waals surface area contributed by atoms with E-state index < -0.39 is 0 Å². The van der Waals surface area contributed by atoms with Gasteiger partial charge >= 0.3 is 0 Å². The molecule has 2 aliphatic rings. The van der Waals surface area contributed by atoms with Gasteiger partial charge in [0.2, 0.25) is 0 Å². The maximum absolute atomic E-state index is 2.87. The normalized spacial score (nSPS) is 17.5. The molecule has 2 rings (SSSR count). The van der Waals surface area contributed by atoms with E-state index in [0.29, 0.717) is 0 Å². The SMILES string of the molecule is CCCCCCCCCCCCN(CCCCCCCCCCC)CCN1CCN(CCN(CCCCCC)CCN2CCCCCCCCCC2)CC1. The van der Waals surface area contributed by atoms with Crippen LogP contribution in [-0.2, 0) is 0 Å². The first-order chi connectivity index (χ1) is 26.7. The van der Waals surface area contributed by atoms with E-state index in [4.69, 9.17) is 0 Å². The molecule has 2 aliphatic heterocycles. The monoisotopic (exact) mass is 760 g/mol. The summed E-state index contributed by atoms with van der Waals surface area (Å²) in [5.74, 6) is 0. The van der Waals surface area contributed by atoms with Crippen molar-refractivity contribution in [2.75, 3.05) is 98.2 Å². The Hall–Kier alpha value is -0.200. The minimum absolute atomic E-state index is 1.27. The lowest BCUT2D eigenvalue weighted by Crippen LogP contribution is -2.50. The molecular weight excluding hydrogens is 659 g/mol. The standard InChI is InChI=1S/C49H101N5/c1-4-7-10-13-15-17-19-23-27-34-38-51(37-33-26-22-18-16-14-11-8-5-2)41-44-53-46-48-54(49-47-53)45-43-52(39-30-12-9-6-3)42-40-50-35-31-28-24-20-21-25-29-32-36-50/h4-49H2,1-3H3. The highest BCUT2D eigenvalue weighted by Gasteiger charge is 2.19. The molecule has 0 aliphatic carbocycles. The van der Waals surface area contributed by atoms with Crippen molar-refractivity contribution in [3.8, 4) is 0 Å². The van der Waals surface area contributed by atoms with E-state index in [1.807, 2.05) is 0 Å². The molecule has 0 aromatic carbocycles. The molecule has 0 N–H and O–H groups in total. The Balaban J connectivity index is 1.71. The molecule has 0 spiro atoms. The molecule has 0 saturated carbocycles. The van der Waals surface area contributed by atoms with Crippen LogP contribution < -0.4 is 0 Å². The molecule has 0 unspecified atom stereocenters. The van der Waals surface area contributed by atoms with Crippen LogP contribution >= 0.6 is 0 Å². The molecule has 0 radical (unpaired) electrons. The van der Waals surface area contributed by atoms with E-state index in [-0.39, 0.29) is 0 Å². The van der Waals surface area contributed by atoms with E-state index in [1.165, 1.54) is 297 Å². The molecule has 322 valence electrons. The van der Waals surface area contributed by atoms with Crippen molar-refractivity contribution >= 4 is 0 Å². The molecule has 2 saturated heterocycles. The van der Waals surface area contributed by atoms with Crippen LogP contribution in [0.15, 0.2) is 0 Å². The fourth-order valence-corrected chi connectivity index (χ4v) is 9.05. The highest BCUT2D eigenvalue weighted by molar-refractivity contribution is 4.75. The summed E-state index contributed by atoms with van der Waals surface area (Å²) < 4.78 is 0. The topological polar surface area (TPSA) is 16.2 Å². The Kier molecular flexibility index (Phi) is 35.4. The predicted octanol–water partition coefficient (Wildman–Crippen LogP) is 12.7. The van der Waals surface area contributed by atoms with Crippen molar-refractivity contribution in [3.05, 3.63) is 0 Å². The van der Waals surface area contributed by atoms with Crippen LogP contribution in [0.3, 0.4) is 0 Å². The van der Waals surface area contributed by atoms with Crippen molar-refractivity contribution in [1.29, 1.82) is 0 Å². The van der Waals surface area contributed by atoms with Gasteiger partial charge in [-0.25, -0.2) is 0 Å². The molecule has 0 amide bonds. The van der Waals surface area contributed by atoms with Crippen LogP contribution in [0.25, 0.3) is 0 Å². The van der Waals surface area contributed by atoms with Gasteiger partial charge in [0.05, 0.1) is 0 Å². The lowest BCUT2D eigenvalue weighted by Gasteiger charge is -2.37. The Morgan fingerprint density at radius 1 is 0.259 bits per heavy atom. The van der Waals surface area contributed by atoms with Gasteiger partial charge in [0.15, 0.2) is 0 Å². The van der Waals surface area contributed by atoms with Crippen molar-refractivity contribution in [1.82, 2.24) is 24.5 Å². The maximum atomic E-state index is 2.87. The van der Waals surface area contributed by atoms with Crippen LogP contribution in [0.2, 0.25) is 0 Å². The van der Waals surface area contributed by atoms with Gasteiger partial charge in [0.25, 0.3) is 0 Å². The Bertz CT molecular complexity index is 728. The molecule has 0 aromatic heterocycles. The van der Waals surface area contributed by atoms with Crippen LogP contribution in [0.5, 0.6) is 0 Å². The number of hydrogen-bond donors (Lipinski definition) is 0. The van der Waals surface area contributed by atoms with Crippen molar-refractivity contribution < 1.29 is 0 Å². The lowest BCUT2D eigenvalue weighted by molar-refractivity contribution is 0.104. The van der Waals surface area contributed by atoms with E-state index >= 15 is 0 Å². The molecule has 0 aromatic rings. The Morgan fingerprint density at radius 3 is 0.833 bits per heavy atom. The summed E-state index contributed by atoms with van der Waals surface area (Å²) >= 11 is 0. The Morgan fingerprint density at radius 2 is 0.500 bits per heavy atom. The van der Waals surface area contributed by atoms with E-state index in [9.17, 15) is 0 Å². The van der Waals surface area contributed by atoms with E-state index in [1.54, 1.807) is 0 Å². The highest BCUT2D eigenvalue weighted by atomic mass is 15.3. The van der Waals surface area contributed by atoms with Gasteiger partial charge in [0.1, 0.15) is 0 Å². The molecule has 0 atom stereocenters. The second kappa shape index (κ2) is 38.3. The zero-order chi connectivity index (χ0) is 38.4. The van der Waals surface area contributed by atoms with Gasteiger partial charge in [0, 0.05) is 65.4 Å². The number of piperazine rings is 1. The smallest absolute Gasteiger partial charge is 0.0110 e. The summed E-state index contributed by atoms with van der Waals surface area (Å²) in [6.07, 6.45) is 44.5. The highest BCUT2D eigenvalue weighted by Crippen LogP contribution is 2.15. The second-order valence-electron chi connectivity index (χ2n) is 18.1. The summed E-state index contributed by atoms with van der Waals surface area (Å²) in [5.41, 5.74) is 0. The van der Waals surface area contributed by atoms with Gasteiger partial charge in [-0.1, -0.05) is 188 Å². The first kappa shape index (κ1) is 49.9. The fraction of sp³-hybridized carbons (Fsp3) is 1.00. The molecule has 5 heteroatoms. The first-order valence-electron chi connectivity index (χ1n) is 25.4. The largest absolute Gasteiger partial charge is 0.302 e. The maximum Gasteiger partial charge on any atom is 0.0110 e. The van der Waals surface area contributed by atoms with E-state index in [0.717, 1.165) is 0 Å². The minimum Gasteiger partial charge on any atom is -0.302 e. The van der Waals surface area contributed by atoms with Gasteiger partial charge in [-0.15, -0.1) is 0 Å². The van der Waals surface area contributed by atoms with Crippen molar-refractivity contribution in [2.24, 2.45) is 0 Å². The number of nitrogens with zero attached hydrogens (tertiary/aromatic N) is 5. The molecule has 5 nitrogen and oxygen atoms in total. The van der Waals surface area contributed by atoms with Crippen molar-refractivity contribution in [3.63, 3.8) is 0 Å². The predicted molar refractivity (Wildman–Crippen MR) is 242 cm³/mol. The number of unbranched alkanes of at least 4 members (excludes halogenated alkanes) is 20. The molecular formula is C49H101N5. The zero-order valence-corrected chi connectivity index (χ0v) is 37.8. The minimum atomic E-state index is 1.27. The van der Waals surface area contributed by atoms with Crippen LogP contribution in [0.1, 0.15) is 220 Å². The van der Waals surface area contributed by atoms with Gasteiger partial charge in [-0.3, -0.25) is 9.80 Å². The average Bonchev–Trinajstić information content (AvgIpc) is 3.25. The summed E-state index contributed by atoms with van der Waals surface area (Å²) in [7, 11) is 0. The molecule has 2 heterocycles. The van der Waals surface area contributed by atoms with Crippen LogP contribution in [-0.4, -0.2) is 123 Å². The van der Waals surface area contributed by atoms with Gasteiger partial charge in [-0.05, 0) is 64.8 Å². The van der Waals surface area contributed by atoms with Crippen molar-refractivity contribution in [2.45, 2.75) is 220 Å². The molecule has 54 heavy (non-hydrogen) atoms. The first-order valence-corrected chi connectivity index (χ1v) is 25.4. The van der Waals surface area contributed by atoms with E-state index in [2.05, 4.69) is 45.3 Å². The van der Waals surface area contributed by atoms with Gasteiger partial charge in [-0.2, -0.15) is 0 Å².